The van der Waals surface area contributed by atoms with E-state index in [9.17, 15) is 14.7 Å². The van der Waals surface area contributed by atoms with Crippen LogP contribution in [0.15, 0.2) is 47.6 Å². The van der Waals surface area contributed by atoms with E-state index in [0.717, 1.165) is 0 Å². The van der Waals surface area contributed by atoms with Crippen LogP contribution in [0.1, 0.15) is 5.56 Å². The van der Waals surface area contributed by atoms with Crippen molar-refractivity contribution in [3.63, 3.8) is 0 Å². The number of para-hydroxylation sites is 1. The summed E-state index contributed by atoms with van der Waals surface area (Å²) in [5.41, 5.74) is 2.78. The van der Waals surface area contributed by atoms with Crippen LogP contribution < -0.4 is 10.7 Å². The zero-order chi connectivity index (χ0) is 16.8. The number of nitrogens with zero attached hydrogens (tertiary/aromatic N) is 1. The lowest BCUT2D eigenvalue weighted by atomic mass is 10.2. The highest BCUT2D eigenvalue weighted by Crippen LogP contribution is 2.24. The summed E-state index contributed by atoms with van der Waals surface area (Å²) in [5, 5.41) is 16.1. The van der Waals surface area contributed by atoms with Gasteiger partial charge in [-0.25, -0.2) is 5.43 Å². The van der Waals surface area contributed by atoms with E-state index in [4.69, 9.17) is 23.2 Å². The number of benzene rings is 2. The molecule has 0 aromatic heterocycles. The van der Waals surface area contributed by atoms with Crippen molar-refractivity contribution in [3.05, 3.63) is 58.1 Å². The minimum atomic E-state index is -0.970. The molecule has 0 spiro atoms. The van der Waals surface area contributed by atoms with Crippen LogP contribution in [0, 0.1) is 0 Å². The first-order valence-corrected chi connectivity index (χ1v) is 7.10. The van der Waals surface area contributed by atoms with Gasteiger partial charge >= 0.3 is 11.8 Å². The van der Waals surface area contributed by atoms with Crippen LogP contribution in [-0.4, -0.2) is 23.1 Å². The van der Waals surface area contributed by atoms with Gasteiger partial charge in [-0.1, -0.05) is 35.3 Å². The Morgan fingerprint density at radius 3 is 2.48 bits per heavy atom. The van der Waals surface area contributed by atoms with Crippen molar-refractivity contribution < 1.29 is 14.7 Å². The Hall–Kier alpha value is -2.57. The summed E-state index contributed by atoms with van der Waals surface area (Å²) in [6, 6.07) is 10.8. The van der Waals surface area contributed by atoms with Gasteiger partial charge in [-0.15, -0.1) is 0 Å². The fourth-order valence-electron chi connectivity index (χ4n) is 1.57. The lowest BCUT2D eigenvalue weighted by Crippen LogP contribution is -2.32. The van der Waals surface area contributed by atoms with Gasteiger partial charge in [-0.3, -0.25) is 9.59 Å². The van der Waals surface area contributed by atoms with Crippen LogP contribution >= 0.6 is 23.2 Å². The molecule has 0 atom stereocenters. The maximum atomic E-state index is 11.7. The van der Waals surface area contributed by atoms with Gasteiger partial charge < -0.3 is 10.4 Å². The van der Waals surface area contributed by atoms with Crippen LogP contribution in [0.3, 0.4) is 0 Å². The number of hydrogen-bond acceptors (Lipinski definition) is 4. The summed E-state index contributed by atoms with van der Waals surface area (Å²) in [7, 11) is 0. The van der Waals surface area contributed by atoms with E-state index in [1.165, 1.54) is 30.5 Å². The number of anilines is 1. The van der Waals surface area contributed by atoms with Crippen molar-refractivity contribution >= 4 is 46.9 Å². The van der Waals surface area contributed by atoms with E-state index in [1.54, 1.807) is 18.2 Å². The third-order valence-electron chi connectivity index (χ3n) is 2.69. The molecule has 0 radical (unpaired) electrons. The topological polar surface area (TPSA) is 90.8 Å². The largest absolute Gasteiger partial charge is 0.507 e. The number of hydrogen-bond donors (Lipinski definition) is 3. The molecule has 0 bridgehead atoms. The van der Waals surface area contributed by atoms with E-state index >= 15 is 0 Å². The van der Waals surface area contributed by atoms with Crippen LogP contribution in [0.5, 0.6) is 5.75 Å². The van der Waals surface area contributed by atoms with Crippen molar-refractivity contribution in [2.24, 2.45) is 5.10 Å². The standard InChI is InChI=1S/C15H11Cl2N3O3/c16-11-6-5-10(7-12(11)17)19-14(22)15(23)20-18-8-9-3-1-2-4-13(9)21/h1-8,21H,(H,19,22)(H,20,23). The Bertz CT molecular complexity index is 778. The molecular weight excluding hydrogens is 341 g/mol. The molecule has 0 aliphatic heterocycles. The SMILES string of the molecule is O=C(NN=Cc1ccccc1O)C(=O)Nc1ccc(Cl)c(Cl)c1. The second-order valence-corrected chi connectivity index (χ2v) is 5.16. The number of carbonyl (C=O) groups excluding carboxylic acids is 2. The number of phenols is 1. The highest BCUT2D eigenvalue weighted by molar-refractivity contribution is 6.42. The zero-order valence-electron chi connectivity index (χ0n) is 11.6. The van der Waals surface area contributed by atoms with E-state index in [0.29, 0.717) is 16.3 Å². The zero-order valence-corrected chi connectivity index (χ0v) is 13.1. The molecule has 0 heterocycles. The van der Waals surface area contributed by atoms with Gasteiger partial charge in [0.2, 0.25) is 0 Å². The molecule has 23 heavy (non-hydrogen) atoms. The minimum absolute atomic E-state index is 0.00533. The first-order valence-electron chi connectivity index (χ1n) is 6.35. The molecule has 6 nitrogen and oxygen atoms in total. The van der Waals surface area contributed by atoms with E-state index in [2.05, 4.69) is 15.8 Å². The number of amides is 2. The van der Waals surface area contributed by atoms with Crippen LogP contribution in [0.4, 0.5) is 5.69 Å². The van der Waals surface area contributed by atoms with E-state index < -0.39 is 11.8 Å². The second kappa shape index (κ2) is 7.62. The van der Waals surface area contributed by atoms with Crippen LogP contribution in [-0.2, 0) is 9.59 Å². The van der Waals surface area contributed by atoms with Crippen molar-refractivity contribution in [1.29, 1.82) is 0 Å². The molecule has 3 N–H and O–H groups in total. The van der Waals surface area contributed by atoms with E-state index in [1.807, 2.05) is 0 Å². The van der Waals surface area contributed by atoms with Gasteiger partial charge in [0.25, 0.3) is 0 Å². The summed E-state index contributed by atoms with van der Waals surface area (Å²) in [6.07, 6.45) is 1.22. The predicted octanol–water partition coefficient (Wildman–Crippen LogP) is 2.79. The summed E-state index contributed by atoms with van der Waals surface area (Å²) in [5.74, 6) is -1.88. The number of hydrazone groups is 1. The number of carbonyl (C=O) groups is 2. The van der Waals surface area contributed by atoms with E-state index in [-0.39, 0.29) is 10.8 Å². The van der Waals surface area contributed by atoms with Crippen LogP contribution in [0.2, 0.25) is 10.0 Å². The molecule has 118 valence electrons. The molecule has 2 amide bonds. The Balaban J connectivity index is 1.94. The molecule has 0 aliphatic rings. The molecule has 2 aromatic carbocycles. The van der Waals surface area contributed by atoms with Crippen molar-refractivity contribution in [2.75, 3.05) is 5.32 Å². The molecule has 2 aromatic rings. The Kier molecular flexibility index (Phi) is 5.56. The Labute approximate surface area is 141 Å². The number of halogens is 2. The van der Waals surface area contributed by atoms with Gasteiger partial charge in [0, 0.05) is 11.3 Å². The molecule has 2 rings (SSSR count). The van der Waals surface area contributed by atoms with Crippen molar-refractivity contribution in [1.82, 2.24) is 5.43 Å². The summed E-state index contributed by atoms with van der Waals surface area (Å²) >= 11 is 11.6. The lowest BCUT2D eigenvalue weighted by Gasteiger charge is -2.05. The average Bonchev–Trinajstić information content (AvgIpc) is 2.52. The first-order chi connectivity index (χ1) is 11.0. The average molecular weight is 352 g/mol. The molecule has 0 saturated carbocycles. The fourth-order valence-corrected chi connectivity index (χ4v) is 1.87. The Morgan fingerprint density at radius 1 is 1.04 bits per heavy atom. The third-order valence-corrected chi connectivity index (χ3v) is 3.43. The third kappa shape index (κ3) is 4.70. The molecule has 0 unspecified atom stereocenters. The number of nitrogens with one attached hydrogen (secondary N) is 2. The number of phenolic OH excluding ortho intramolecular Hbond substituents is 1. The second-order valence-electron chi connectivity index (χ2n) is 4.34. The number of rotatable bonds is 3. The van der Waals surface area contributed by atoms with Gasteiger partial charge in [0.15, 0.2) is 0 Å². The molecular formula is C15H11Cl2N3O3. The van der Waals surface area contributed by atoms with Gasteiger partial charge in [0.05, 0.1) is 16.3 Å². The molecule has 0 fully saturated rings. The highest BCUT2D eigenvalue weighted by Gasteiger charge is 2.13. The summed E-state index contributed by atoms with van der Waals surface area (Å²) < 4.78 is 0. The highest BCUT2D eigenvalue weighted by atomic mass is 35.5. The van der Waals surface area contributed by atoms with Crippen molar-refractivity contribution in [2.45, 2.75) is 0 Å². The first kappa shape index (κ1) is 16.8. The van der Waals surface area contributed by atoms with Gasteiger partial charge in [-0.2, -0.15) is 5.10 Å². The predicted molar refractivity (Wildman–Crippen MR) is 88.9 cm³/mol. The number of aromatic hydroxyl groups is 1. The molecule has 0 saturated heterocycles. The summed E-state index contributed by atoms with van der Waals surface area (Å²) in [4.78, 5) is 23.3. The summed E-state index contributed by atoms with van der Waals surface area (Å²) in [6.45, 7) is 0. The molecule has 8 heteroatoms. The maximum absolute atomic E-state index is 11.7. The van der Waals surface area contributed by atoms with Gasteiger partial charge in [-0.05, 0) is 30.3 Å². The maximum Gasteiger partial charge on any atom is 0.329 e. The Morgan fingerprint density at radius 2 is 1.78 bits per heavy atom. The van der Waals surface area contributed by atoms with Crippen molar-refractivity contribution in [3.8, 4) is 5.75 Å². The quantitative estimate of drug-likeness (QED) is 0.451. The van der Waals surface area contributed by atoms with Gasteiger partial charge in [0.1, 0.15) is 5.75 Å². The fraction of sp³-hybridized carbons (Fsp3) is 0. The smallest absolute Gasteiger partial charge is 0.329 e. The normalized spacial score (nSPS) is 10.5. The molecule has 0 aliphatic carbocycles. The van der Waals surface area contributed by atoms with Crippen LogP contribution in [0.25, 0.3) is 0 Å². The minimum Gasteiger partial charge on any atom is -0.507 e. The monoisotopic (exact) mass is 351 g/mol. The lowest BCUT2D eigenvalue weighted by molar-refractivity contribution is -0.136.